The SMILES string of the molecule is COc1ccc(C)cc1Nc1nncc(Nc2ccc(C)cc2C)n1. The second kappa shape index (κ2) is 7.17. The third-order valence-corrected chi connectivity index (χ3v) is 3.80. The van der Waals surface area contributed by atoms with Gasteiger partial charge in [-0.15, -0.1) is 5.10 Å². The van der Waals surface area contributed by atoms with Crippen LogP contribution >= 0.6 is 0 Å². The van der Waals surface area contributed by atoms with Gasteiger partial charge in [-0.3, -0.25) is 0 Å². The van der Waals surface area contributed by atoms with E-state index in [9.17, 15) is 0 Å². The number of nitrogens with one attached hydrogen (secondary N) is 2. The van der Waals surface area contributed by atoms with E-state index in [1.807, 2.05) is 31.2 Å². The average Bonchev–Trinajstić information content (AvgIpc) is 2.58. The summed E-state index contributed by atoms with van der Waals surface area (Å²) in [5.41, 5.74) is 5.27. The first-order valence-corrected chi connectivity index (χ1v) is 8.01. The van der Waals surface area contributed by atoms with E-state index in [1.54, 1.807) is 13.3 Å². The van der Waals surface area contributed by atoms with Gasteiger partial charge in [0.2, 0.25) is 5.95 Å². The van der Waals surface area contributed by atoms with Gasteiger partial charge in [0.05, 0.1) is 19.0 Å². The topological polar surface area (TPSA) is 72.0 Å². The standard InChI is InChI=1S/C19H21N5O/c1-12-5-7-15(14(3)9-12)21-18-11-20-24-19(23-18)22-16-10-13(2)6-8-17(16)25-4/h5-11H,1-4H3,(H2,21,22,23,24). The first-order valence-electron chi connectivity index (χ1n) is 8.01. The molecule has 0 atom stereocenters. The third-order valence-electron chi connectivity index (χ3n) is 3.80. The van der Waals surface area contributed by atoms with Crippen LogP contribution in [0.15, 0.2) is 42.6 Å². The lowest BCUT2D eigenvalue weighted by Gasteiger charge is -2.12. The lowest BCUT2D eigenvalue weighted by molar-refractivity contribution is 0.416. The summed E-state index contributed by atoms with van der Waals surface area (Å²) in [5.74, 6) is 1.75. The van der Waals surface area contributed by atoms with Crippen LogP contribution in [0.2, 0.25) is 0 Å². The lowest BCUT2D eigenvalue weighted by atomic mass is 10.1. The number of methoxy groups -OCH3 is 1. The molecule has 128 valence electrons. The largest absolute Gasteiger partial charge is 0.495 e. The molecule has 0 saturated carbocycles. The minimum absolute atomic E-state index is 0.402. The summed E-state index contributed by atoms with van der Waals surface area (Å²) in [5, 5.41) is 14.5. The van der Waals surface area contributed by atoms with E-state index < -0.39 is 0 Å². The predicted octanol–water partition coefficient (Wildman–Crippen LogP) is 4.29. The molecule has 0 amide bonds. The molecule has 6 heteroatoms. The Morgan fingerprint density at radius 2 is 1.64 bits per heavy atom. The Labute approximate surface area is 147 Å². The summed E-state index contributed by atoms with van der Waals surface area (Å²) in [6.45, 7) is 6.14. The van der Waals surface area contributed by atoms with Gasteiger partial charge in [-0.05, 0) is 50.1 Å². The lowest BCUT2D eigenvalue weighted by Crippen LogP contribution is -2.04. The fourth-order valence-electron chi connectivity index (χ4n) is 2.55. The maximum Gasteiger partial charge on any atom is 0.249 e. The molecule has 0 radical (unpaired) electrons. The summed E-state index contributed by atoms with van der Waals surface area (Å²) in [6, 6.07) is 12.1. The van der Waals surface area contributed by atoms with Crippen LogP contribution in [0.1, 0.15) is 16.7 Å². The van der Waals surface area contributed by atoms with Crippen molar-refractivity contribution in [3.05, 3.63) is 59.3 Å². The molecule has 2 N–H and O–H groups in total. The first-order chi connectivity index (χ1) is 12.0. The second-order valence-corrected chi connectivity index (χ2v) is 5.94. The number of nitrogens with zero attached hydrogens (tertiary/aromatic N) is 3. The highest BCUT2D eigenvalue weighted by atomic mass is 16.5. The predicted molar refractivity (Wildman–Crippen MR) is 100 cm³/mol. The van der Waals surface area contributed by atoms with Crippen LogP contribution < -0.4 is 15.4 Å². The number of anilines is 4. The molecule has 0 aliphatic rings. The zero-order chi connectivity index (χ0) is 17.8. The van der Waals surface area contributed by atoms with Crippen LogP contribution in [-0.4, -0.2) is 22.3 Å². The monoisotopic (exact) mass is 335 g/mol. The van der Waals surface area contributed by atoms with Crippen molar-refractivity contribution in [1.82, 2.24) is 15.2 Å². The minimum atomic E-state index is 0.402. The molecule has 1 heterocycles. The summed E-state index contributed by atoms with van der Waals surface area (Å²) in [7, 11) is 1.63. The number of benzene rings is 2. The van der Waals surface area contributed by atoms with Gasteiger partial charge in [0, 0.05) is 5.69 Å². The summed E-state index contributed by atoms with van der Waals surface area (Å²) in [4.78, 5) is 4.48. The zero-order valence-electron chi connectivity index (χ0n) is 14.8. The van der Waals surface area contributed by atoms with Crippen molar-refractivity contribution < 1.29 is 4.74 Å². The van der Waals surface area contributed by atoms with E-state index in [1.165, 1.54) is 5.56 Å². The van der Waals surface area contributed by atoms with Crippen molar-refractivity contribution in [2.75, 3.05) is 17.7 Å². The van der Waals surface area contributed by atoms with Gasteiger partial charge < -0.3 is 15.4 Å². The molecule has 1 aromatic heterocycles. The number of aromatic nitrogens is 3. The highest BCUT2D eigenvalue weighted by molar-refractivity contribution is 5.65. The molecular formula is C19H21N5O. The van der Waals surface area contributed by atoms with Gasteiger partial charge in [-0.2, -0.15) is 10.1 Å². The molecule has 0 aliphatic heterocycles. The van der Waals surface area contributed by atoms with Gasteiger partial charge in [0.1, 0.15) is 5.75 Å². The molecule has 0 fully saturated rings. The van der Waals surface area contributed by atoms with E-state index >= 15 is 0 Å². The molecule has 25 heavy (non-hydrogen) atoms. The van der Waals surface area contributed by atoms with Crippen molar-refractivity contribution >= 4 is 23.1 Å². The molecule has 6 nitrogen and oxygen atoms in total. The molecule has 3 aromatic rings. The normalized spacial score (nSPS) is 10.4. The highest BCUT2D eigenvalue weighted by Gasteiger charge is 2.07. The van der Waals surface area contributed by atoms with E-state index in [0.717, 1.165) is 28.3 Å². The molecule has 0 aliphatic carbocycles. The van der Waals surface area contributed by atoms with E-state index in [4.69, 9.17) is 4.74 Å². The molecule has 0 unspecified atom stereocenters. The smallest absolute Gasteiger partial charge is 0.249 e. The van der Waals surface area contributed by atoms with E-state index in [-0.39, 0.29) is 0 Å². The minimum Gasteiger partial charge on any atom is -0.495 e. The summed E-state index contributed by atoms with van der Waals surface area (Å²) < 4.78 is 5.37. The van der Waals surface area contributed by atoms with Gasteiger partial charge in [0.25, 0.3) is 0 Å². The molecule has 0 bridgehead atoms. The van der Waals surface area contributed by atoms with Gasteiger partial charge >= 0.3 is 0 Å². The number of aryl methyl sites for hydroxylation is 3. The Hall–Kier alpha value is -3.15. The average molecular weight is 335 g/mol. The molecule has 3 rings (SSSR count). The van der Waals surface area contributed by atoms with Crippen molar-refractivity contribution in [2.45, 2.75) is 20.8 Å². The maximum absolute atomic E-state index is 5.37. The Bertz CT molecular complexity index is 895. The van der Waals surface area contributed by atoms with Crippen molar-refractivity contribution in [3.8, 4) is 5.75 Å². The summed E-state index contributed by atoms with van der Waals surface area (Å²) in [6.07, 6.45) is 1.60. The van der Waals surface area contributed by atoms with Crippen LogP contribution in [0.4, 0.5) is 23.1 Å². The quantitative estimate of drug-likeness (QED) is 0.724. The van der Waals surface area contributed by atoms with Crippen molar-refractivity contribution in [3.63, 3.8) is 0 Å². The Morgan fingerprint density at radius 1 is 0.880 bits per heavy atom. The van der Waals surface area contributed by atoms with Crippen LogP contribution in [0.3, 0.4) is 0 Å². The Kier molecular flexibility index (Phi) is 4.79. The van der Waals surface area contributed by atoms with Crippen LogP contribution in [0.5, 0.6) is 5.75 Å². The maximum atomic E-state index is 5.37. The second-order valence-electron chi connectivity index (χ2n) is 5.94. The highest BCUT2D eigenvalue weighted by Crippen LogP contribution is 2.27. The van der Waals surface area contributed by atoms with Crippen molar-refractivity contribution in [2.24, 2.45) is 0 Å². The molecule has 2 aromatic carbocycles. The van der Waals surface area contributed by atoms with Gasteiger partial charge in [0.15, 0.2) is 5.82 Å². The number of rotatable bonds is 5. The van der Waals surface area contributed by atoms with E-state index in [0.29, 0.717) is 11.8 Å². The first kappa shape index (κ1) is 16.7. The molecular weight excluding hydrogens is 314 g/mol. The van der Waals surface area contributed by atoms with Gasteiger partial charge in [-0.25, -0.2) is 0 Å². The van der Waals surface area contributed by atoms with Crippen LogP contribution in [-0.2, 0) is 0 Å². The van der Waals surface area contributed by atoms with E-state index in [2.05, 4.69) is 51.8 Å². The fourth-order valence-corrected chi connectivity index (χ4v) is 2.55. The Balaban J connectivity index is 1.83. The zero-order valence-corrected chi connectivity index (χ0v) is 14.8. The molecule has 0 saturated heterocycles. The van der Waals surface area contributed by atoms with Crippen molar-refractivity contribution in [1.29, 1.82) is 0 Å². The molecule has 0 spiro atoms. The Morgan fingerprint density at radius 3 is 2.40 bits per heavy atom. The number of hydrogen-bond donors (Lipinski definition) is 2. The number of hydrogen-bond acceptors (Lipinski definition) is 6. The fraction of sp³-hybridized carbons (Fsp3) is 0.211. The van der Waals surface area contributed by atoms with Gasteiger partial charge in [-0.1, -0.05) is 23.8 Å². The number of ether oxygens (including phenoxy) is 1. The van der Waals surface area contributed by atoms with Crippen LogP contribution in [0, 0.1) is 20.8 Å². The third kappa shape index (κ3) is 4.03. The summed E-state index contributed by atoms with van der Waals surface area (Å²) >= 11 is 0. The van der Waals surface area contributed by atoms with Crippen LogP contribution in [0.25, 0.3) is 0 Å².